The molecule has 0 saturated carbocycles. The second kappa shape index (κ2) is 7.41. The third-order valence-corrected chi connectivity index (χ3v) is 2.14. The molecular formula is C11H19N3O4. The van der Waals surface area contributed by atoms with E-state index in [2.05, 4.69) is 16.0 Å². The van der Waals surface area contributed by atoms with Crippen molar-refractivity contribution in [3.63, 3.8) is 0 Å². The molecule has 0 aliphatic rings. The van der Waals surface area contributed by atoms with Crippen LogP contribution < -0.4 is 16.0 Å². The van der Waals surface area contributed by atoms with Crippen LogP contribution in [0.1, 0.15) is 27.7 Å². The van der Waals surface area contributed by atoms with Crippen molar-refractivity contribution >= 4 is 24.0 Å². The summed E-state index contributed by atoms with van der Waals surface area (Å²) < 4.78 is 0. The first kappa shape index (κ1) is 16.1. The highest BCUT2D eigenvalue weighted by Crippen LogP contribution is 1.88. The van der Waals surface area contributed by atoms with Gasteiger partial charge in [0.2, 0.25) is 17.7 Å². The number of hydrogen-bond acceptors (Lipinski definition) is 4. The summed E-state index contributed by atoms with van der Waals surface area (Å²) >= 11 is 0. The molecule has 0 radical (unpaired) electrons. The Kier molecular flexibility index (Phi) is 6.62. The quantitative estimate of drug-likeness (QED) is 0.515. The van der Waals surface area contributed by atoms with Gasteiger partial charge in [-0.25, -0.2) is 0 Å². The first-order chi connectivity index (χ1) is 8.27. The highest BCUT2D eigenvalue weighted by atomic mass is 16.2. The molecule has 0 rings (SSSR count). The van der Waals surface area contributed by atoms with E-state index < -0.39 is 29.9 Å². The van der Waals surface area contributed by atoms with Crippen molar-refractivity contribution in [2.75, 3.05) is 0 Å². The number of carbonyl (C=O) groups is 4. The van der Waals surface area contributed by atoms with E-state index in [0.29, 0.717) is 6.29 Å². The number of rotatable bonds is 6. The van der Waals surface area contributed by atoms with Crippen LogP contribution in [-0.2, 0) is 19.2 Å². The maximum Gasteiger partial charge on any atom is 0.242 e. The van der Waals surface area contributed by atoms with Gasteiger partial charge in [0.25, 0.3) is 0 Å². The summed E-state index contributed by atoms with van der Waals surface area (Å²) in [4.78, 5) is 44.2. The molecule has 0 spiro atoms. The fourth-order valence-corrected chi connectivity index (χ4v) is 1.16. The number of nitrogens with one attached hydrogen (secondary N) is 3. The number of aldehydes is 1. The minimum absolute atomic E-state index is 0.329. The van der Waals surface area contributed by atoms with E-state index in [-0.39, 0.29) is 5.91 Å². The van der Waals surface area contributed by atoms with Crippen molar-refractivity contribution < 1.29 is 19.2 Å². The normalized spacial score (nSPS) is 14.9. The fourth-order valence-electron chi connectivity index (χ4n) is 1.16. The largest absolute Gasteiger partial charge is 0.345 e. The molecule has 3 N–H and O–H groups in total. The zero-order chi connectivity index (χ0) is 14.3. The average Bonchev–Trinajstić information content (AvgIpc) is 2.27. The molecule has 0 saturated heterocycles. The first-order valence-corrected chi connectivity index (χ1v) is 5.61. The predicted molar refractivity (Wildman–Crippen MR) is 64.6 cm³/mol. The fraction of sp³-hybridized carbons (Fsp3) is 0.636. The van der Waals surface area contributed by atoms with Gasteiger partial charge in [-0.1, -0.05) is 0 Å². The second-order valence-electron chi connectivity index (χ2n) is 4.09. The molecule has 0 bridgehead atoms. The summed E-state index contributed by atoms with van der Waals surface area (Å²) in [6, 6.07) is -2.11. The van der Waals surface area contributed by atoms with Crippen LogP contribution in [0, 0.1) is 0 Å². The summed E-state index contributed by atoms with van der Waals surface area (Å²) in [6.45, 7) is 5.83. The minimum atomic E-state index is -0.781. The van der Waals surface area contributed by atoms with Crippen LogP contribution in [-0.4, -0.2) is 42.1 Å². The molecule has 18 heavy (non-hydrogen) atoms. The molecule has 0 fully saturated rings. The van der Waals surface area contributed by atoms with E-state index >= 15 is 0 Å². The lowest BCUT2D eigenvalue weighted by Crippen LogP contribution is -2.52. The van der Waals surface area contributed by atoms with Gasteiger partial charge in [0.15, 0.2) is 0 Å². The van der Waals surface area contributed by atoms with Crippen LogP contribution in [0.4, 0.5) is 0 Å². The molecule has 0 aromatic heterocycles. The van der Waals surface area contributed by atoms with Crippen LogP contribution in [0.3, 0.4) is 0 Å². The molecule has 0 heterocycles. The van der Waals surface area contributed by atoms with Gasteiger partial charge in [0.05, 0.1) is 6.04 Å². The van der Waals surface area contributed by atoms with Gasteiger partial charge in [-0.3, -0.25) is 14.4 Å². The smallest absolute Gasteiger partial charge is 0.242 e. The Morgan fingerprint density at radius 2 is 1.33 bits per heavy atom. The van der Waals surface area contributed by atoms with Crippen LogP contribution in [0.25, 0.3) is 0 Å². The maximum absolute atomic E-state index is 11.6. The first-order valence-electron chi connectivity index (χ1n) is 5.61. The zero-order valence-corrected chi connectivity index (χ0v) is 10.9. The molecule has 7 heteroatoms. The van der Waals surface area contributed by atoms with Gasteiger partial charge >= 0.3 is 0 Å². The number of carbonyl (C=O) groups excluding carboxylic acids is 4. The predicted octanol–water partition coefficient (Wildman–Crippen LogP) is -1.28. The Morgan fingerprint density at radius 1 is 0.889 bits per heavy atom. The van der Waals surface area contributed by atoms with Gasteiger partial charge in [-0.05, 0) is 20.8 Å². The molecule has 7 nitrogen and oxygen atoms in total. The van der Waals surface area contributed by atoms with E-state index in [1.807, 2.05) is 0 Å². The van der Waals surface area contributed by atoms with Crippen molar-refractivity contribution in [3.8, 4) is 0 Å². The molecule has 102 valence electrons. The van der Waals surface area contributed by atoms with Crippen LogP contribution in [0.5, 0.6) is 0 Å². The van der Waals surface area contributed by atoms with Crippen molar-refractivity contribution in [2.45, 2.75) is 45.8 Å². The Balaban J connectivity index is 4.25. The summed E-state index contributed by atoms with van der Waals surface area (Å²) in [5.74, 6) is -1.26. The Morgan fingerprint density at radius 3 is 1.78 bits per heavy atom. The third-order valence-electron chi connectivity index (χ3n) is 2.14. The van der Waals surface area contributed by atoms with Crippen molar-refractivity contribution in [1.82, 2.24) is 16.0 Å². The van der Waals surface area contributed by atoms with E-state index in [4.69, 9.17) is 0 Å². The second-order valence-corrected chi connectivity index (χ2v) is 4.09. The molecule has 0 aliphatic heterocycles. The molecule has 3 amide bonds. The SMILES string of the molecule is CC(=O)NC(C)C(=O)NC(C)C(=O)NC(C)C=O. The number of hydrogen-bond donors (Lipinski definition) is 3. The number of amides is 3. The highest BCUT2D eigenvalue weighted by molar-refractivity contribution is 5.91. The van der Waals surface area contributed by atoms with Crippen molar-refractivity contribution in [1.29, 1.82) is 0 Å². The average molecular weight is 257 g/mol. The van der Waals surface area contributed by atoms with E-state index in [9.17, 15) is 19.2 Å². The van der Waals surface area contributed by atoms with E-state index in [0.717, 1.165) is 0 Å². The van der Waals surface area contributed by atoms with Crippen molar-refractivity contribution in [3.05, 3.63) is 0 Å². The Bertz CT molecular complexity index is 343. The monoisotopic (exact) mass is 257 g/mol. The zero-order valence-electron chi connectivity index (χ0n) is 10.9. The van der Waals surface area contributed by atoms with E-state index in [1.165, 1.54) is 27.7 Å². The van der Waals surface area contributed by atoms with Gasteiger partial charge < -0.3 is 20.7 Å². The topological polar surface area (TPSA) is 104 Å². The highest BCUT2D eigenvalue weighted by Gasteiger charge is 2.20. The summed E-state index contributed by atoms with van der Waals surface area (Å²) in [7, 11) is 0. The summed E-state index contributed by atoms with van der Waals surface area (Å²) in [5, 5.41) is 7.24. The minimum Gasteiger partial charge on any atom is -0.345 e. The lowest BCUT2D eigenvalue weighted by atomic mass is 10.2. The summed E-state index contributed by atoms with van der Waals surface area (Å²) in [5.41, 5.74) is 0. The van der Waals surface area contributed by atoms with Crippen LogP contribution in [0.15, 0.2) is 0 Å². The van der Waals surface area contributed by atoms with Gasteiger partial charge in [0, 0.05) is 6.92 Å². The Hall–Kier alpha value is -1.92. The van der Waals surface area contributed by atoms with Gasteiger partial charge in [-0.15, -0.1) is 0 Å². The molecular weight excluding hydrogens is 238 g/mol. The molecule has 3 atom stereocenters. The third kappa shape index (κ3) is 5.97. The van der Waals surface area contributed by atoms with E-state index in [1.54, 1.807) is 0 Å². The van der Waals surface area contributed by atoms with Gasteiger partial charge in [0.1, 0.15) is 18.4 Å². The van der Waals surface area contributed by atoms with Gasteiger partial charge in [-0.2, -0.15) is 0 Å². The summed E-state index contributed by atoms with van der Waals surface area (Å²) in [6.07, 6.45) is 0.590. The molecule has 0 aromatic rings. The standard InChI is InChI=1S/C11H19N3O4/c1-6(5-15)12-10(17)8(3)14-11(18)7(2)13-9(4)16/h5-8H,1-4H3,(H,12,17)(H,13,16)(H,14,18). The lowest BCUT2D eigenvalue weighted by molar-refractivity contribution is -0.131. The van der Waals surface area contributed by atoms with Crippen molar-refractivity contribution in [2.24, 2.45) is 0 Å². The van der Waals surface area contributed by atoms with Crippen LogP contribution >= 0.6 is 0 Å². The molecule has 0 aromatic carbocycles. The maximum atomic E-state index is 11.6. The Labute approximate surface area is 106 Å². The lowest BCUT2D eigenvalue weighted by Gasteiger charge is -2.18. The molecule has 3 unspecified atom stereocenters. The van der Waals surface area contributed by atoms with Crippen LogP contribution in [0.2, 0.25) is 0 Å². The molecule has 0 aliphatic carbocycles.